The van der Waals surface area contributed by atoms with Crippen LogP contribution in [-0.2, 0) is 19.6 Å². The lowest BCUT2D eigenvalue weighted by molar-refractivity contribution is -0.128. The molecule has 10 heteroatoms. The fraction of sp³-hybridized carbons (Fsp3) is 0.625. The number of nitrogens with one attached hydrogen (secondary N) is 1. The molecule has 1 aromatic rings. The molecule has 146 valence electrons. The van der Waals surface area contributed by atoms with Crippen LogP contribution in [0.2, 0.25) is 0 Å². The summed E-state index contributed by atoms with van der Waals surface area (Å²) in [6, 6.07) is 2.23. The molecule has 0 spiro atoms. The van der Waals surface area contributed by atoms with Gasteiger partial charge in [0.2, 0.25) is 16.8 Å². The van der Waals surface area contributed by atoms with E-state index in [2.05, 4.69) is 5.32 Å². The highest BCUT2D eigenvalue weighted by Gasteiger charge is 2.35. The smallest absolute Gasteiger partial charge is 0.371 e. The molecule has 0 unspecified atom stereocenters. The molecule has 0 aromatic carbocycles. The zero-order valence-electron chi connectivity index (χ0n) is 15.0. The number of piperidine rings is 1. The van der Waals surface area contributed by atoms with Gasteiger partial charge < -0.3 is 19.6 Å². The van der Waals surface area contributed by atoms with Gasteiger partial charge in [0.25, 0.3) is 10.0 Å². The van der Waals surface area contributed by atoms with E-state index in [0.717, 1.165) is 12.1 Å². The first-order chi connectivity index (χ1) is 12.1. The summed E-state index contributed by atoms with van der Waals surface area (Å²) in [6.45, 7) is 4.40. The SMILES string of the molecule is COCC(C)(C)NC(=O)C1CCN(S(=O)(=O)c2ccc(C(=O)O)o2)CC1. The third-order valence-corrected chi connectivity index (χ3v) is 5.95. The summed E-state index contributed by atoms with van der Waals surface area (Å²) < 4.78 is 36.3. The molecule has 1 fully saturated rings. The van der Waals surface area contributed by atoms with Crippen molar-refractivity contribution in [3.63, 3.8) is 0 Å². The van der Waals surface area contributed by atoms with Crippen molar-refractivity contribution in [2.75, 3.05) is 26.8 Å². The van der Waals surface area contributed by atoms with Crippen molar-refractivity contribution in [3.8, 4) is 0 Å². The van der Waals surface area contributed by atoms with Gasteiger partial charge in [-0.25, -0.2) is 13.2 Å². The van der Waals surface area contributed by atoms with E-state index in [1.807, 2.05) is 13.8 Å². The van der Waals surface area contributed by atoms with E-state index < -0.39 is 32.4 Å². The fourth-order valence-corrected chi connectivity index (χ4v) is 4.27. The Kier molecular flexibility index (Phi) is 6.09. The Morgan fingerprint density at radius 1 is 1.35 bits per heavy atom. The number of amides is 1. The summed E-state index contributed by atoms with van der Waals surface area (Å²) in [5, 5.41) is 11.4. The van der Waals surface area contributed by atoms with E-state index in [0.29, 0.717) is 19.4 Å². The molecule has 1 amide bonds. The molecule has 1 aliphatic rings. The van der Waals surface area contributed by atoms with Crippen LogP contribution in [0.4, 0.5) is 0 Å². The van der Waals surface area contributed by atoms with Crippen molar-refractivity contribution in [2.24, 2.45) is 5.92 Å². The van der Waals surface area contributed by atoms with Gasteiger partial charge in [0, 0.05) is 26.1 Å². The van der Waals surface area contributed by atoms with Crippen LogP contribution in [0.15, 0.2) is 21.6 Å². The first-order valence-corrected chi connectivity index (χ1v) is 9.65. The number of sulfonamides is 1. The van der Waals surface area contributed by atoms with Crippen LogP contribution in [0.5, 0.6) is 0 Å². The van der Waals surface area contributed by atoms with E-state index >= 15 is 0 Å². The zero-order valence-corrected chi connectivity index (χ0v) is 15.8. The van der Waals surface area contributed by atoms with Gasteiger partial charge in [0.15, 0.2) is 0 Å². The number of rotatable bonds is 7. The highest BCUT2D eigenvalue weighted by Crippen LogP contribution is 2.25. The molecule has 0 saturated carbocycles. The summed E-state index contributed by atoms with van der Waals surface area (Å²) in [6.07, 6.45) is 0.751. The summed E-state index contributed by atoms with van der Waals surface area (Å²) in [7, 11) is -2.36. The standard InChI is InChI=1S/C16H24N2O7S/c1-16(2,10-24-3)17-14(19)11-6-8-18(9-7-11)26(22,23)13-5-4-12(25-13)15(20)21/h4-5,11H,6-10H2,1-3H3,(H,17,19)(H,20,21). The Hall–Kier alpha value is -1.91. The largest absolute Gasteiger partial charge is 0.475 e. The van der Waals surface area contributed by atoms with Gasteiger partial charge in [-0.05, 0) is 38.8 Å². The summed E-state index contributed by atoms with van der Waals surface area (Å²) in [4.78, 5) is 23.2. The molecular weight excluding hydrogens is 364 g/mol. The first-order valence-electron chi connectivity index (χ1n) is 8.21. The molecular formula is C16H24N2O7S. The second-order valence-corrected chi connectivity index (χ2v) is 8.78. The number of carbonyl (C=O) groups is 2. The Morgan fingerprint density at radius 2 is 1.96 bits per heavy atom. The number of hydrogen-bond donors (Lipinski definition) is 2. The van der Waals surface area contributed by atoms with Crippen molar-refractivity contribution in [3.05, 3.63) is 17.9 Å². The number of carbonyl (C=O) groups excluding carboxylic acids is 1. The maximum absolute atomic E-state index is 12.5. The average molecular weight is 388 g/mol. The lowest BCUT2D eigenvalue weighted by Crippen LogP contribution is -2.51. The van der Waals surface area contributed by atoms with E-state index in [9.17, 15) is 18.0 Å². The highest BCUT2D eigenvalue weighted by molar-refractivity contribution is 7.89. The Bertz CT molecular complexity index is 761. The third kappa shape index (κ3) is 4.63. The maximum Gasteiger partial charge on any atom is 0.371 e. The average Bonchev–Trinajstić information content (AvgIpc) is 3.05. The number of carboxylic acid groups (broad SMARTS) is 1. The second-order valence-electron chi connectivity index (χ2n) is 6.91. The maximum atomic E-state index is 12.5. The molecule has 9 nitrogen and oxygen atoms in total. The predicted molar refractivity (Wildman–Crippen MR) is 91.2 cm³/mol. The molecule has 1 saturated heterocycles. The summed E-state index contributed by atoms with van der Waals surface area (Å²) in [5.74, 6) is -2.18. The van der Waals surface area contributed by atoms with Gasteiger partial charge in [-0.15, -0.1) is 0 Å². The number of ether oxygens (including phenoxy) is 1. The van der Waals surface area contributed by atoms with E-state index in [1.165, 1.54) is 4.31 Å². The number of nitrogens with zero attached hydrogens (tertiary/aromatic N) is 1. The molecule has 1 aromatic heterocycles. The molecule has 0 atom stereocenters. The molecule has 2 rings (SSSR count). The van der Waals surface area contributed by atoms with Gasteiger partial charge in [0.05, 0.1) is 12.1 Å². The Morgan fingerprint density at radius 3 is 2.46 bits per heavy atom. The van der Waals surface area contributed by atoms with Gasteiger partial charge in [-0.1, -0.05) is 0 Å². The van der Waals surface area contributed by atoms with Crippen LogP contribution in [0, 0.1) is 5.92 Å². The van der Waals surface area contributed by atoms with Crippen LogP contribution in [0.25, 0.3) is 0 Å². The van der Waals surface area contributed by atoms with E-state index in [1.54, 1.807) is 7.11 Å². The number of aromatic carboxylic acids is 1. The van der Waals surface area contributed by atoms with Crippen molar-refractivity contribution in [1.82, 2.24) is 9.62 Å². The quantitative estimate of drug-likeness (QED) is 0.711. The molecule has 0 radical (unpaired) electrons. The first kappa shape index (κ1) is 20.4. The highest BCUT2D eigenvalue weighted by atomic mass is 32.2. The predicted octanol–water partition coefficient (Wildman–Crippen LogP) is 0.920. The van der Waals surface area contributed by atoms with Gasteiger partial charge in [-0.3, -0.25) is 4.79 Å². The van der Waals surface area contributed by atoms with Crippen molar-refractivity contribution >= 4 is 21.9 Å². The van der Waals surface area contributed by atoms with Crippen molar-refractivity contribution in [2.45, 2.75) is 37.3 Å². The van der Waals surface area contributed by atoms with Crippen LogP contribution in [0.1, 0.15) is 37.2 Å². The number of methoxy groups -OCH3 is 1. The zero-order chi connectivity index (χ0) is 19.5. The second kappa shape index (κ2) is 7.77. The van der Waals surface area contributed by atoms with E-state index in [-0.39, 0.29) is 24.9 Å². The minimum absolute atomic E-state index is 0.129. The Balaban J connectivity index is 1.98. The van der Waals surface area contributed by atoms with Gasteiger partial charge in [0.1, 0.15) is 0 Å². The van der Waals surface area contributed by atoms with Crippen LogP contribution < -0.4 is 5.32 Å². The topological polar surface area (TPSA) is 126 Å². The Labute approximate surface area is 152 Å². The fourth-order valence-electron chi connectivity index (χ4n) is 2.89. The minimum atomic E-state index is -3.92. The normalized spacial score (nSPS) is 17.2. The lowest BCUT2D eigenvalue weighted by atomic mass is 9.95. The molecule has 2 heterocycles. The van der Waals surface area contributed by atoms with Crippen LogP contribution in [0.3, 0.4) is 0 Å². The lowest BCUT2D eigenvalue weighted by Gasteiger charge is -2.32. The van der Waals surface area contributed by atoms with Gasteiger partial charge >= 0.3 is 5.97 Å². The molecule has 1 aliphatic heterocycles. The van der Waals surface area contributed by atoms with E-state index in [4.69, 9.17) is 14.3 Å². The summed E-state index contributed by atoms with van der Waals surface area (Å²) in [5.41, 5.74) is -0.504. The molecule has 2 N–H and O–H groups in total. The van der Waals surface area contributed by atoms with Crippen molar-refractivity contribution in [1.29, 1.82) is 0 Å². The van der Waals surface area contributed by atoms with Crippen LogP contribution in [-0.4, -0.2) is 62.1 Å². The monoisotopic (exact) mass is 388 g/mol. The van der Waals surface area contributed by atoms with Crippen LogP contribution >= 0.6 is 0 Å². The number of carboxylic acids is 1. The number of hydrogen-bond acceptors (Lipinski definition) is 6. The molecule has 26 heavy (non-hydrogen) atoms. The third-order valence-electron chi connectivity index (χ3n) is 4.18. The minimum Gasteiger partial charge on any atom is -0.475 e. The molecule has 0 bridgehead atoms. The molecule has 0 aliphatic carbocycles. The summed E-state index contributed by atoms with van der Waals surface area (Å²) >= 11 is 0. The van der Waals surface area contributed by atoms with Crippen molar-refractivity contribution < 1.29 is 32.3 Å². The number of furan rings is 1. The van der Waals surface area contributed by atoms with Gasteiger partial charge in [-0.2, -0.15) is 4.31 Å².